The van der Waals surface area contributed by atoms with E-state index in [0.717, 1.165) is 23.4 Å². The standard InChI is InChI=1S/C9H15N3O/c1-6-8(4-5-10)7(2)12-9(11-6)13-3/h4-5,10H2,1-3H3. The van der Waals surface area contributed by atoms with Gasteiger partial charge in [-0.1, -0.05) is 0 Å². The van der Waals surface area contributed by atoms with Crippen molar-refractivity contribution in [3.05, 3.63) is 17.0 Å². The van der Waals surface area contributed by atoms with Crippen LogP contribution in [0.15, 0.2) is 0 Å². The van der Waals surface area contributed by atoms with E-state index in [1.165, 1.54) is 0 Å². The largest absolute Gasteiger partial charge is 0.467 e. The second-order valence-electron chi connectivity index (χ2n) is 2.90. The van der Waals surface area contributed by atoms with Crippen molar-refractivity contribution < 1.29 is 4.74 Å². The minimum atomic E-state index is 0.427. The van der Waals surface area contributed by atoms with Crippen LogP contribution in [0.5, 0.6) is 6.01 Å². The van der Waals surface area contributed by atoms with Crippen molar-refractivity contribution in [2.24, 2.45) is 5.73 Å². The second-order valence-corrected chi connectivity index (χ2v) is 2.90. The number of aryl methyl sites for hydroxylation is 2. The number of aromatic nitrogens is 2. The maximum atomic E-state index is 5.48. The number of methoxy groups -OCH3 is 1. The van der Waals surface area contributed by atoms with E-state index in [9.17, 15) is 0 Å². The molecule has 0 atom stereocenters. The summed E-state index contributed by atoms with van der Waals surface area (Å²) in [5.41, 5.74) is 8.52. The molecular formula is C9H15N3O. The number of hydrogen-bond donors (Lipinski definition) is 1. The second kappa shape index (κ2) is 4.18. The van der Waals surface area contributed by atoms with Crippen LogP contribution in [0, 0.1) is 13.8 Å². The lowest BCUT2D eigenvalue weighted by Crippen LogP contribution is -2.09. The minimum absolute atomic E-state index is 0.427. The molecule has 2 N–H and O–H groups in total. The molecule has 0 aliphatic heterocycles. The molecular weight excluding hydrogens is 166 g/mol. The lowest BCUT2D eigenvalue weighted by atomic mass is 10.1. The van der Waals surface area contributed by atoms with E-state index in [0.29, 0.717) is 12.6 Å². The topological polar surface area (TPSA) is 61.0 Å². The normalized spacial score (nSPS) is 10.2. The van der Waals surface area contributed by atoms with Crippen LogP contribution in [-0.2, 0) is 6.42 Å². The van der Waals surface area contributed by atoms with Crippen LogP contribution in [0.2, 0.25) is 0 Å². The zero-order chi connectivity index (χ0) is 9.84. The first kappa shape index (κ1) is 9.92. The maximum Gasteiger partial charge on any atom is 0.316 e. The fourth-order valence-electron chi connectivity index (χ4n) is 1.31. The van der Waals surface area contributed by atoms with Gasteiger partial charge in [0, 0.05) is 11.4 Å². The van der Waals surface area contributed by atoms with Crippen molar-refractivity contribution in [1.29, 1.82) is 0 Å². The van der Waals surface area contributed by atoms with Gasteiger partial charge in [-0.2, -0.15) is 0 Å². The molecule has 0 aliphatic rings. The molecule has 1 heterocycles. The van der Waals surface area contributed by atoms with E-state index >= 15 is 0 Å². The number of nitrogens with zero attached hydrogens (tertiary/aromatic N) is 2. The van der Waals surface area contributed by atoms with Gasteiger partial charge in [0.05, 0.1) is 7.11 Å². The third kappa shape index (κ3) is 2.15. The molecule has 13 heavy (non-hydrogen) atoms. The molecule has 0 radical (unpaired) electrons. The average molecular weight is 181 g/mol. The summed E-state index contributed by atoms with van der Waals surface area (Å²) in [6.45, 7) is 4.52. The summed E-state index contributed by atoms with van der Waals surface area (Å²) in [6.07, 6.45) is 0.821. The van der Waals surface area contributed by atoms with Gasteiger partial charge in [-0.15, -0.1) is 0 Å². The molecule has 72 valence electrons. The van der Waals surface area contributed by atoms with Gasteiger partial charge in [-0.05, 0) is 32.4 Å². The monoisotopic (exact) mass is 181 g/mol. The van der Waals surface area contributed by atoms with E-state index in [1.54, 1.807) is 7.11 Å². The smallest absolute Gasteiger partial charge is 0.316 e. The molecule has 4 heteroatoms. The van der Waals surface area contributed by atoms with Crippen LogP contribution in [0.4, 0.5) is 0 Å². The Morgan fingerprint density at radius 2 is 1.77 bits per heavy atom. The highest BCUT2D eigenvalue weighted by Gasteiger charge is 2.07. The molecule has 0 aliphatic carbocycles. The highest BCUT2D eigenvalue weighted by molar-refractivity contribution is 5.25. The van der Waals surface area contributed by atoms with Crippen LogP contribution in [-0.4, -0.2) is 23.6 Å². The van der Waals surface area contributed by atoms with E-state index in [2.05, 4.69) is 9.97 Å². The lowest BCUT2D eigenvalue weighted by Gasteiger charge is -2.08. The van der Waals surface area contributed by atoms with E-state index < -0.39 is 0 Å². The Hall–Kier alpha value is -1.16. The van der Waals surface area contributed by atoms with Crippen LogP contribution in [0.1, 0.15) is 17.0 Å². The fraction of sp³-hybridized carbons (Fsp3) is 0.556. The molecule has 0 aromatic carbocycles. The van der Waals surface area contributed by atoms with Crippen molar-refractivity contribution in [2.75, 3.05) is 13.7 Å². The van der Waals surface area contributed by atoms with Crippen LogP contribution in [0.3, 0.4) is 0 Å². The number of rotatable bonds is 3. The molecule has 0 unspecified atom stereocenters. The highest BCUT2D eigenvalue weighted by atomic mass is 16.5. The summed E-state index contributed by atoms with van der Waals surface area (Å²) in [7, 11) is 1.57. The van der Waals surface area contributed by atoms with E-state index in [1.807, 2.05) is 13.8 Å². The van der Waals surface area contributed by atoms with Crippen molar-refractivity contribution in [3.63, 3.8) is 0 Å². The Kier molecular flexibility index (Phi) is 3.19. The zero-order valence-electron chi connectivity index (χ0n) is 8.29. The number of hydrogen-bond acceptors (Lipinski definition) is 4. The molecule has 1 aromatic rings. The molecule has 0 saturated carbocycles. The first-order valence-electron chi connectivity index (χ1n) is 4.27. The molecule has 0 amide bonds. The molecule has 0 spiro atoms. The molecule has 0 bridgehead atoms. The molecule has 1 rings (SSSR count). The van der Waals surface area contributed by atoms with Gasteiger partial charge in [0.1, 0.15) is 0 Å². The Bertz CT molecular complexity index is 276. The summed E-state index contributed by atoms with van der Waals surface area (Å²) in [5, 5.41) is 0. The molecule has 0 saturated heterocycles. The number of nitrogens with two attached hydrogens (primary N) is 1. The summed E-state index contributed by atoms with van der Waals surface area (Å²) < 4.78 is 4.96. The highest BCUT2D eigenvalue weighted by Crippen LogP contribution is 2.13. The predicted molar refractivity (Wildman–Crippen MR) is 50.8 cm³/mol. The van der Waals surface area contributed by atoms with Crippen molar-refractivity contribution in [1.82, 2.24) is 9.97 Å². The quantitative estimate of drug-likeness (QED) is 0.742. The molecule has 0 fully saturated rings. The van der Waals surface area contributed by atoms with Gasteiger partial charge in [-0.3, -0.25) is 0 Å². The van der Waals surface area contributed by atoms with Crippen molar-refractivity contribution in [3.8, 4) is 6.01 Å². The van der Waals surface area contributed by atoms with Crippen LogP contribution >= 0.6 is 0 Å². The third-order valence-electron chi connectivity index (χ3n) is 1.98. The van der Waals surface area contributed by atoms with E-state index in [4.69, 9.17) is 10.5 Å². The van der Waals surface area contributed by atoms with Gasteiger partial charge in [-0.25, -0.2) is 9.97 Å². The van der Waals surface area contributed by atoms with Gasteiger partial charge in [0.2, 0.25) is 0 Å². The summed E-state index contributed by atoms with van der Waals surface area (Å²) in [4.78, 5) is 8.36. The van der Waals surface area contributed by atoms with Gasteiger partial charge in [0.25, 0.3) is 0 Å². The summed E-state index contributed by atoms with van der Waals surface area (Å²) in [6, 6.07) is 0.427. The fourth-order valence-corrected chi connectivity index (χ4v) is 1.31. The zero-order valence-corrected chi connectivity index (χ0v) is 8.29. The Labute approximate surface area is 78.1 Å². The number of ether oxygens (including phenoxy) is 1. The van der Waals surface area contributed by atoms with Gasteiger partial charge < -0.3 is 10.5 Å². The SMILES string of the molecule is COc1nc(C)c(CCN)c(C)n1. The Morgan fingerprint density at radius 1 is 1.23 bits per heavy atom. The maximum absolute atomic E-state index is 5.48. The van der Waals surface area contributed by atoms with Gasteiger partial charge >= 0.3 is 6.01 Å². The summed E-state index contributed by atoms with van der Waals surface area (Å²) in [5.74, 6) is 0. The predicted octanol–water partition coefficient (Wildman–Crippen LogP) is 0.603. The van der Waals surface area contributed by atoms with Crippen molar-refractivity contribution in [2.45, 2.75) is 20.3 Å². The average Bonchev–Trinajstić information content (AvgIpc) is 2.11. The van der Waals surface area contributed by atoms with E-state index in [-0.39, 0.29) is 0 Å². The molecule has 4 nitrogen and oxygen atoms in total. The summed E-state index contributed by atoms with van der Waals surface area (Å²) >= 11 is 0. The van der Waals surface area contributed by atoms with Gasteiger partial charge in [0.15, 0.2) is 0 Å². The first-order valence-corrected chi connectivity index (χ1v) is 4.27. The van der Waals surface area contributed by atoms with Crippen molar-refractivity contribution >= 4 is 0 Å². The Morgan fingerprint density at radius 3 is 2.15 bits per heavy atom. The molecule has 1 aromatic heterocycles. The van der Waals surface area contributed by atoms with Crippen LogP contribution < -0.4 is 10.5 Å². The Balaban J connectivity index is 3.07. The minimum Gasteiger partial charge on any atom is -0.467 e. The van der Waals surface area contributed by atoms with Crippen LogP contribution in [0.25, 0.3) is 0 Å². The first-order chi connectivity index (χ1) is 6.19. The lowest BCUT2D eigenvalue weighted by molar-refractivity contribution is 0.377. The third-order valence-corrected chi connectivity index (χ3v) is 1.98.